The topological polar surface area (TPSA) is 53.5 Å². The van der Waals surface area contributed by atoms with E-state index in [0.29, 0.717) is 25.9 Å². The largest absolute Gasteiger partial charge is 0.344 e. The molecule has 5 nitrogen and oxygen atoms in total. The van der Waals surface area contributed by atoms with Gasteiger partial charge in [-0.3, -0.25) is 14.6 Å². The van der Waals surface area contributed by atoms with Crippen molar-refractivity contribution in [3.63, 3.8) is 0 Å². The highest BCUT2D eigenvalue weighted by atomic mass is 19.1. The molecule has 0 bridgehead atoms. The van der Waals surface area contributed by atoms with E-state index in [0.717, 1.165) is 19.0 Å². The summed E-state index contributed by atoms with van der Waals surface area (Å²) in [5, 5.41) is 0. The van der Waals surface area contributed by atoms with Gasteiger partial charge in [0.2, 0.25) is 5.91 Å². The fraction of sp³-hybridized carbons (Fsp3) is 0.533. The molecule has 3 heterocycles. The number of aromatic nitrogens is 1. The van der Waals surface area contributed by atoms with Gasteiger partial charge in [0.25, 0.3) is 5.91 Å². The Morgan fingerprint density at radius 3 is 2.76 bits per heavy atom. The molecule has 21 heavy (non-hydrogen) atoms. The van der Waals surface area contributed by atoms with Crippen molar-refractivity contribution in [3.05, 3.63) is 29.8 Å². The lowest BCUT2D eigenvalue weighted by Gasteiger charge is -2.43. The number of likely N-dealkylation sites (tertiary alicyclic amines) is 2. The van der Waals surface area contributed by atoms with E-state index < -0.39 is 17.3 Å². The molecule has 1 aromatic heterocycles. The molecular formula is C15H18FN3O2. The highest BCUT2D eigenvalue weighted by Gasteiger charge is 2.52. The molecule has 0 radical (unpaired) electrons. The Morgan fingerprint density at radius 1 is 1.33 bits per heavy atom. The second-order valence-corrected chi connectivity index (χ2v) is 5.78. The molecule has 1 atom stereocenters. The molecule has 2 aliphatic heterocycles. The molecule has 0 saturated carbocycles. The summed E-state index contributed by atoms with van der Waals surface area (Å²) in [4.78, 5) is 32.2. The fourth-order valence-electron chi connectivity index (χ4n) is 3.52. The third kappa shape index (κ3) is 2.09. The molecule has 0 aliphatic carbocycles. The Hall–Kier alpha value is -1.98. The van der Waals surface area contributed by atoms with Gasteiger partial charge >= 0.3 is 0 Å². The van der Waals surface area contributed by atoms with Gasteiger partial charge in [-0.25, -0.2) is 4.39 Å². The van der Waals surface area contributed by atoms with Crippen LogP contribution in [0.5, 0.6) is 0 Å². The number of hydrogen-bond acceptors (Lipinski definition) is 3. The van der Waals surface area contributed by atoms with Crippen molar-refractivity contribution >= 4 is 11.8 Å². The van der Waals surface area contributed by atoms with E-state index in [1.54, 1.807) is 16.8 Å². The molecule has 2 amide bonds. The first-order valence-corrected chi connectivity index (χ1v) is 7.23. The predicted molar refractivity (Wildman–Crippen MR) is 74.1 cm³/mol. The van der Waals surface area contributed by atoms with E-state index in [2.05, 4.69) is 4.98 Å². The standard InChI is InChI=1S/C15H18FN3O2/c1-18-8-2-5-15(14(18)21)6-3-9-19(15)13(20)11-4-7-17-10-12(11)16/h4,7,10H,2-3,5-6,8-9H2,1H3. The van der Waals surface area contributed by atoms with Crippen LogP contribution in [0.3, 0.4) is 0 Å². The number of pyridine rings is 1. The molecule has 2 aliphatic rings. The van der Waals surface area contributed by atoms with Crippen molar-refractivity contribution in [2.45, 2.75) is 31.2 Å². The first-order chi connectivity index (χ1) is 10.1. The minimum atomic E-state index is -0.778. The quantitative estimate of drug-likeness (QED) is 0.787. The molecule has 0 aromatic carbocycles. The first kappa shape index (κ1) is 14.0. The molecule has 2 fully saturated rings. The predicted octanol–water partition coefficient (Wildman–Crippen LogP) is 1.45. The number of rotatable bonds is 1. The minimum absolute atomic E-state index is 0.00713. The van der Waals surface area contributed by atoms with Crippen LogP contribution in [0.1, 0.15) is 36.0 Å². The summed E-state index contributed by atoms with van der Waals surface area (Å²) >= 11 is 0. The number of carbonyl (C=O) groups excluding carboxylic acids is 2. The van der Waals surface area contributed by atoms with Crippen LogP contribution in [-0.2, 0) is 4.79 Å². The third-order valence-corrected chi connectivity index (χ3v) is 4.57. The molecule has 1 aromatic rings. The van der Waals surface area contributed by atoms with Gasteiger partial charge in [0.1, 0.15) is 5.54 Å². The van der Waals surface area contributed by atoms with Crippen LogP contribution in [0.4, 0.5) is 4.39 Å². The Morgan fingerprint density at radius 2 is 2.05 bits per heavy atom. The second-order valence-electron chi connectivity index (χ2n) is 5.78. The van der Waals surface area contributed by atoms with E-state index in [4.69, 9.17) is 0 Å². The maximum Gasteiger partial charge on any atom is 0.257 e. The van der Waals surface area contributed by atoms with Crippen LogP contribution >= 0.6 is 0 Å². The van der Waals surface area contributed by atoms with Gasteiger partial charge in [-0.15, -0.1) is 0 Å². The average molecular weight is 291 g/mol. The molecule has 6 heteroatoms. The summed E-state index contributed by atoms with van der Waals surface area (Å²) in [7, 11) is 1.76. The van der Waals surface area contributed by atoms with Crippen molar-refractivity contribution in [2.75, 3.05) is 20.1 Å². The zero-order valence-corrected chi connectivity index (χ0v) is 12.0. The van der Waals surface area contributed by atoms with E-state index >= 15 is 0 Å². The van der Waals surface area contributed by atoms with Crippen molar-refractivity contribution in [3.8, 4) is 0 Å². The number of hydrogen-bond donors (Lipinski definition) is 0. The van der Waals surface area contributed by atoms with E-state index in [-0.39, 0.29) is 11.5 Å². The highest BCUT2D eigenvalue weighted by molar-refractivity contribution is 6.00. The van der Waals surface area contributed by atoms with Gasteiger partial charge in [0.05, 0.1) is 11.8 Å². The second kappa shape index (κ2) is 5.09. The summed E-state index contributed by atoms with van der Waals surface area (Å²) in [6, 6.07) is 1.38. The number of nitrogens with zero attached hydrogens (tertiary/aromatic N) is 3. The van der Waals surface area contributed by atoms with Crippen LogP contribution < -0.4 is 0 Å². The molecular weight excluding hydrogens is 273 g/mol. The SMILES string of the molecule is CN1CCCC2(CCCN2C(=O)c2ccncc2F)C1=O. The normalized spacial score (nSPS) is 25.7. The Bertz CT molecular complexity index is 592. The van der Waals surface area contributed by atoms with Crippen molar-refractivity contribution < 1.29 is 14.0 Å². The Balaban J connectivity index is 1.96. The minimum Gasteiger partial charge on any atom is -0.344 e. The van der Waals surface area contributed by atoms with E-state index in [1.807, 2.05) is 0 Å². The average Bonchev–Trinajstić information content (AvgIpc) is 2.89. The maximum atomic E-state index is 13.8. The maximum absolute atomic E-state index is 13.8. The van der Waals surface area contributed by atoms with E-state index in [1.165, 1.54) is 12.3 Å². The van der Waals surface area contributed by atoms with Crippen LogP contribution in [0.2, 0.25) is 0 Å². The summed E-state index contributed by atoms with van der Waals surface area (Å²) in [5.74, 6) is -1.06. The molecule has 0 N–H and O–H groups in total. The molecule has 1 unspecified atom stereocenters. The number of halogens is 1. The zero-order valence-electron chi connectivity index (χ0n) is 12.0. The van der Waals surface area contributed by atoms with Crippen LogP contribution in [0, 0.1) is 5.82 Å². The summed E-state index contributed by atoms with van der Waals surface area (Å²) in [6.07, 6.45) is 5.39. The van der Waals surface area contributed by atoms with Crippen molar-refractivity contribution in [1.29, 1.82) is 0 Å². The molecule has 2 saturated heterocycles. The lowest BCUT2D eigenvalue weighted by atomic mass is 9.85. The summed E-state index contributed by atoms with van der Waals surface area (Å²) in [5.41, 5.74) is -0.785. The first-order valence-electron chi connectivity index (χ1n) is 7.23. The molecule has 112 valence electrons. The highest BCUT2D eigenvalue weighted by Crippen LogP contribution is 2.38. The number of carbonyl (C=O) groups is 2. The van der Waals surface area contributed by atoms with Crippen LogP contribution in [0.15, 0.2) is 18.5 Å². The Labute approximate surface area is 122 Å². The summed E-state index contributed by atoms with van der Waals surface area (Å²) < 4.78 is 13.8. The Kier molecular flexibility index (Phi) is 3.39. The lowest BCUT2D eigenvalue weighted by Crippen LogP contribution is -2.60. The van der Waals surface area contributed by atoms with Gasteiger partial charge in [0, 0.05) is 26.3 Å². The summed E-state index contributed by atoms with van der Waals surface area (Å²) in [6.45, 7) is 1.21. The van der Waals surface area contributed by atoms with Crippen molar-refractivity contribution in [1.82, 2.24) is 14.8 Å². The van der Waals surface area contributed by atoms with Crippen LogP contribution in [-0.4, -0.2) is 52.3 Å². The van der Waals surface area contributed by atoms with Gasteiger partial charge in [-0.2, -0.15) is 0 Å². The smallest absolute Gasteiger partial charge is 0.257 e. The zero-order chi connectivity index (χ0) is 15.0. The number of likely N-dealkylation sites (N-methyl/N-ethyl adjacent to an activating group) is 1. The van der Waals surface area contributed by atoms with Crippen molar-refractivity contribution in [2.24, 2.45) is 0 Å². The van der Waals surface area contributed by atoms with Gasteiger partial charge < -0.3 is 9.80 Å². The van der Waals surface area contributed by atoms with Gasteiger partial charge in [-0.1, -0.05) is 0 Å². The third-order valence-electron chi connectivity index (χ3n) is 4.57. The van der Waals surface area contributed by atoms with Crippen LogP contribution in [0.25, 0.3) is 0 Å². The van der Waals surface area contributed by atoms with Gasteiger partial charge in [-0.05, 0) is 31.7 Å². The lowest BCUT2D eigenvalue weighted by molar-refractivity contribution is -0.144. The number of piperidine rings is 1. The van der Waals surface area contributed by atoms with E-state index in [9.17, 15) is 14.0 Å². The molecule has 1 spiro atoms. The monoisotopic (exact) mass is 291 g/mol. The number of amides is 2. The fourth-order valence-corrected chi connectivity index (χ4v) is 3.52. The molecule has 3 rings (SSSR count). The van der Waals surface area contributed by atoms with Gasteiger partial charge in [0.15, 0.2) is 5.82 Å².